The van der Waals surface area contributed by atoms with E-state index in [2.05, 4.69) is 32.3 Å². The predicted molar refractivity (Wildman–Crippen MR) is 105 cm³/mol. The molecule has 2 rings (SSSR count). The third-order valence-electron chi connectivity index (χ3n) is 3.76. The van der Waals surface area contributed by atoms with Crippen LogP contribution in [-0.4, -0.2) is 38.2 Å². The molecule has 1 aromatic rings. The van der Waals surface area contributed by atoms with Crippen LogP contribution in [0, 0.1) is 0 Å². The van der Waals surface area contributed by atoms with Crippen LogP contribution in [0.4, 0.5) is 0 Å². The zero-order chi connectivity index (χ0) is 17.5. The van der Waals surface area contributed by atoms with Gasteiger partial charge >= 0.3 is 0 Å². The molecule has 0 atom stereocenters. The molecular formula is C19H31N5. The van der Waals surface area contributed by atoms with Gasteiger partial charge in [-0.25, -0.2) is 4.99 Å². The monoisotopic (exact) mass is 329 g/mol. The molecule has 0 aromatic carbocycles. The van der Waals surface area contributed by atoms with Crippen molar-refractivity contribution in [3.05, 3.63) is 35.9 Å². The Hall–Kier alpha value is -2.01. The minimum Gasteiger partial charge on any atom is -0.373 e. The summed E-state index contributed by atoms with van der Waals surface area (Å²) in [4.78, 5) is 12.5. The van der Waals surface area contributed by atoms with Gasteiger partial charge in [0.05, 0.1) is 17.9 Å². The topological polar surface area (TPSA) is 61.7 Å². The van der Waals surface area contributed by atoms with Crippen LogP contribution in [0.1, 0.15) is 51.1 Å². The second-order valence-electron chi connectivity index (χ2n) is 5.58. The standard InChI is InChI=1S/C13H19N5.C6H12/c1-4-16-10-17-9-11(13(14-2)15-3)12-7-5-6-8-18-12;1-2-4-6-5-3-1/h5-9,15-16H,2,4,10H2,1,3H3;1-6H2/b13-11-,17-9-;. The van der Waals surface area contributed by atoms with Crippen molar-refractivity contribution in [2.75, 3.05) is 20.3 Å². The van der Waals surface area contributed by atoms with Crippen molar-refractivity contribution >= 4 is 18.5 Å². The number of hydrogen-bond donors (Lipinski definition) is 2. The van der Waals surface area contributed by atoms with Gasteiger partial charge in [0, 0.05) is 19.5 Å². The Morgan fingerprint density at radius 3 is 2.33 bits per heavy atom. The SMILES string of the molecule is C1CCCCC1.C=N/C(NC)=C(\C=N/CNCC)c1ccccn1. The zero-order valence-electron chi connectivity index (χ0n) is 15.1. The quantitative estimate of drug-likeness (QED) is 0.593. The molecule has 1 heterocycles. The third kappa shape index (κ3) is 8.02. The summed E-state index contributed by atoms with van der Waals surface area (Å²) < 4.78 is 0. The number of aliphatic imine (C=N–C) groups is 2. The van der Waals surface area contributed by atoms with E-state index in [4.69, 9.17) is 0 Å². The first-order chi connectivity index (χ1) is 11.8. The van der Waals surface area contributed by atoms with E-state index in [0.29, 0.717) is 12.5 Å². The first-order valence-corrected chi connectivity index (χ1v) is 8.84. The lowest BCUT2D eigenvalue weighted by Crippen LogP contribution is -2.13. The van der Waals surface area contributed by atoms with E-state index < -0.39 is 0 Å². The van der Waals surface area contributed by atoms with E-state index in [-0.39, 0.29) is 0 Å². The van der Waals surface area contributed by atoms with Gasteiger partial charge in [0.25, 0.3) is 0 Å². The van der Waals surface area contributed by atoms with Gasteiger partial charge in [0.1, 0.15) is 5.82 Å². The van der Waals surface area contributed by atoms with E-state index in [0.717, 1.165) is 17.8 Å². The van der Waals surface area contributed by atoms with Gasteiger partial charge in [-0.1, -0.05) is 51.5 Å². The molecule has 0 saturated heterocycles. The van der Waals surface area contributed by atoms with E-state index in [1.54, 1.807) is 19.5 Å². The maximum atomic E-state index is 4.30. The second kappa shape index (κ2) is 13.4. The van der Waals surface area contributed by atoms with Crippen molar-refractivity contribution in [2.24, 2.45) is 9.98 Å². The molecule has 1 aliphatic carbocycles. The molecule has 1 aliphatic rings. The summed E-state index contributed by atoms with van der Waals surface area (Å²) in [5.74, 6) is 0.661. The Balaban J connectivity index is 0.000000400. The summed E-state index contributed by atoms with van der Waals surface area (Å²) in [6, 6.07) is 5.71. The van der Waals surface area contributed by atoms with Gasteiger partial charge in [0.15, 0.2) is 0 Å². The molecule has 24 heavy (non-hydrogen) atoms. The van der Waals surface area contributed by atoms with E-state index in [1.165, 1.54) is 38.5 Å². The minimum atomic E-state index is 0.570. The van der Waals surface area contributed by atoms with Crippen molar-refractivity contribution in [1.82, 2.24) is 15.6 Å². The highest BCUT2D eigenvalue weighted by Crippen LogP contribution is 2.15. The first-order valence-electron chi connectivity index (χ1n) is 8.84. The summed E-state index contributed by atoms with van der Waals surface area (Å²) in [7, 11) is 1.80. The Morgan fingerprint density at radius 2 is 1.88 bits per heavy atom. The van der Waals surface area contributed by atoms with Crippen molar-refractivity contribution in [2.45, 2.75) is 45.4 Å². The van der Waals surface area contributed by atoms with Crippen LogP contribution in [0.15, 0.2) is 40.2 Å². The fourth-order valence-corrected chi connectivity index (χ4v) is 2.44. The zero-order valence-corrected chi connectivity index (χ0v) is 15.1. The normalized spacial score (nSPS) is 15.2. The number of aromatic nitrogens is 1. The van der Waals surface area contributed by atoms with Crippen LogP contribution in [0.25, 0.3) is 5.57 Å². The summed E-state index contributed by atoms with van der Waals surface area (Å²) in [5.41, 5.74) is 1.64. The molecule has 0 aliphatic heterocycles. The fraction of sp³-hybridized carbons (Fsp3) is 0.526. The van der Waals surface area contributed by atoms with E-state index >= 15 is 0 Å². The number of allylic oxidation sites excluding steroid dienone is 1. The molecule has 5 heteroatoms. The molecule has 1 saturated carbocycles. The summed E-state index contributed by atoms with van der Waals surface area (Å²) in [5, 5.41) is 6.11. The largest absolute Gasteiger partial charge is 0.373 e. The Bertz CT molecular complexity index is 492. The molecule has 0 amide bonds. The van der Waals surface area contributed by atoms with Crippen molar-refractivity contribution in [1.29, 1.82) is 0 Å². The minimum absolute atomic E-state index is 0.570. The highest BCUT2D eigenvalue weighted by atomic mass is 15.0. The highest BCUT2D eigenvalue weighted by molar-refractivity contribution is 6.10. The number of nitrogens with zero attached hydrogens (tertiary/aromatic N) is 3. The summed E-state index contributed by atoms with van der Waals surface area (Å²) >= 11 is 0. The number of nitrogens with one attached hydrogen (secondary N) is 2. The van der Waals surface area contributed by atoms with Crippen LogP contribution >= 0.6 is 0 Å². The molecule has 5 nitrogen and oxygen atoms in total. The smallest absolute Gasteiger partial charge is 0.135 e. The molecule has 132 valence electrons. The third-order valence-corrected chi connectivity index (χ3v) is 3.76. The first kappa shape index (κ1) is 20.0. The molecule has 1 aromatic heterocycles. The molecular weight excluding hydrogens is 298 g/mol. The van der Waals surface area contributed by atoms with Gasteiger partial charge in [-0.15, -0.1) is 0 Å². The van der Waals surface area contributed by atoms with Crippen LogP contribution in [0.2, 0.25) is 0 Å². The lowest BCUT2D eigenvalue weighted by Gasteiger charge is -2.06. The van der Waals surface area contributed by atoms with Crippen molar-refractivity contribution < 1.29 is 0 Å². The maximum absolute atomic E-state index is 4.30. The van der Waals surface area contributed by atoms with Crippen LogP contribution in [0.3, 0.4) is 0 Å². The fourth-order valence-electron chi connectivity index (χ4n) is 2.44. The molecule has 2 N–H and O–H groups in total. The molecule has 1 fully saturated rings. The van der Waals surface area contributed by atoms with Gasteiger partial charge in [-0.3, -0.25) is 15.3 Å². The Morgan fingerprint density at radius 1 is 1.21 bits per heavy atom. The molecule has 0 radical (unpaired) electrons. The van der Waals surface area contributed by atoms with Crippen molar-refractivity contribution in [3.63, 3.8) is 0 Å². The van der Waals surface area contributed by atoms with E-state index in [1.807, 2.05) is 25.1 Å². The van der Waals surface area contributed by atoms with Gasteiger partial charge in [0.2, 0.25) is 0 Å². The van der Waals surface area contributed by atoms with E-state index in [9.17, 15) is 0 Å². The van der Waals surface area contributed by atoms with Gasteiger partial charge in [-0.05, 0) is 25.4 Å². The number of rotatable bonds is 7. The Labute approximate surface area is 146 Å². The molecule has 0 unspecified atom stereocenters. The number of pyridine rings is 1. The van der Waals surface area contributed by atoms with Gasteiger partial charge in [-0.2, -0.15) is 0 Å². The van der Waals surface area contributed by atoms with Crippen molar-refractivity contribution in [3.8, 4) is 0 Å². The van der Waals surface area contributed by atoms with Crippen LogP contribution in [-0.2, 0) is 0 Å². The summed E-state index contributed by atoms with van der Waals surface area (Å²) in [6.07, 6.45) is 12.5. The van der Waals surface area contributed by atoms with Crippen LogP contribution < -0.4 is 10.6 Å². The van der Waals surface area contributed by atoms with Gasteiger partial charge < -0.3 is 5.32 Å². The lowest BCUT2D eigenvalue weighted by atomic mass is 10.0. The maximum Gasteiger partial charge on any atom is 0.135 e. The molecule has 0 spiro atoms. The van der Waals surface area contributed by atoms with Crippen LogP contribution in [0.5, 0.6) is 0 Å². The summed E-state index contributed by atoms with van der Waals surface area (Å²) in [6.45, 7) is 7.04. The number of hydrogen-bond acceptors (Lipinski definition) is 5. The molecule has 0 bridgehead atoms. The average Bonchev–Trinajstić information content (AvgIpc) is 2.67. The predicted octanol–water partition coefficient (Wildman–Crippen LogP) is 3.65. The lowest BCUT2D eigenvalue weighted by molar-refractivity contribution is 0.504. The average molecular weight is 329 g/mol. The highest BCUT2D eigenvalue weighted by Gasteiger charge is 2.05. The Kier molecular flexibility index (Phi) is 11.2. The second-order valence-corrected chi connectivity index (χ2v) is 5.58.